The number of aromatic nitrogens is 4. The van der Waals surface area contributed by atoms with Gasteiger partial charge in [-0.15, -0.1) is 16.8 Å². The molecule has 1 aliphatic carbocycles. The lowest BCUT2D eigenvalue weighted by molar-refractivity contribution is -0.113. The van der Waals surface area contributed by atoms with E-state index in [0.717, 1.165) is 23.8 Å². The molecule has 2 aromatic heterocycles. The van der Waals surface area contributed by atoms with Crippen molar-refractivity contribution in [3.05, 3.63) is 42.0 Å². The molecule has 0 atom stereocenters. The molecule has 1 aliphatic rings. The Morgan fingerprint density at radius 3 is 3.04 bits per heavy atom. The van der Waals surface area contributed by atoms with Crippen LogP contribution < -0.4 is 5.32 Å². The van der Waals surface area contributed by atoms with Crippen molar-refractivity contribution in [2.24, 2.45) is 0 Å². The number of allylic oxidation sites excluding steroid dienone is 1. The Kier molecular flexibility index (Phi) is 4.97. The summed E-state index contributed by atoms with van der Waals surface area (Å²) < 4.78 is 2.03. The van der Waals surface area contributed by atoms with Gasteiger partial charge in [-0.05, 0) is 25.0 Å². The molecular weight excluding hydrogens is 334 g/mol. The molecule has 2 heterocycles. The minimum atomic E-state index is -0.161. The van der Waals surface area contributed by atoms with E-state index in [0.29, 0.717) is 18.2 Å². The summed E-state index contributed by atoms with van der Waals surface area (Å²) >= 11 is 7.28. The zero-order valence-electron chi connectivity index (χ0n) is 12.4. The van der Waals surface area contributed by atoms with Crippen LogP contribution in [0.15, 0.2) is 36.1 Å². The molecule has 0 bridgehead atoms. The van der Waals surface area contributed by atoms with Crippen LogP contribution in [0.3, 0.4) is 0 Å². The molecule has 2 aromatic rings. The Morgan fingerprint density at radius 1 is 1.52 bits per heavy atom. The molecule has 0 aromatic carbocycles. The van der Waals surface area contributed by atoms with Crippen molar-refractivity contribution in [3.8, 4) is 0 Å². The van der Waals surface area contributed by atoms with Gasteiger partial charge in [0.1, 0.15) is 5.82 Å². The largest absolute Gasteiger partial charge is 0.323 e. The SMILES string of the molecule is C=CCn1c(SCC(=O)Nc2cccnc2Cl)nnc1C1CC1. The van der Waals surface area contributed by atoms with E-state index in [4.69, 9.17) is 11.6 Å². The third-order valence-corrected chi connectivity index (χ3v) is 4.63. The van der Waals surface area contributed by atoms with E-state index in [1.165, 1.54) is 11.8 Å². The Balaban J connectivity index is 1.62. The van der Waals surface area contributed by atoms with Gasteiger partial charge in [-0.3, -0.25) is 4.79 Å². The van der Waals surface area contributed by atoms with E-state index < -0.39 is 0 Å². The van der Waals surface area contributed by atoms with Gasteiger partial charge in [0.25, 0.3) is 0 Å². The lowest BCUT2D eigenvalue weighted by Crippen LogP contribution is -2.15. The molecular formula is C15H16ClN5OS. The van der Waals surface area contributed by atoms with Crippen LogP contribution in [-0.4, -0.2) is 31.4 Å². The van der Waals surface area contributed by atoms with E-state index in [9.17, 15) is 4.79 Å². The molecule has 0 aliphatic heterocycles. The van der Waals surface area contributed by atoms with Crippen molar-refractivity contribution >= 4 is 35.0 Å². The van der Waals surface area contributed by atoms with Crippen LogP contribution in [0.1, 0.15) is 24.6 Å². The van der Waals surface area contributed by atoms with Crippen LogP contribution in [-0.2, 0) is 11.3 Å². The zero-order valence-corrected chi connectivity index (χ0v) is 14.0. The van der Waals surface area contributed by atoms with Gasteiger partial charge < -0.3 is 9.88 Å². The summed E-state index contributed by atoms with van der Waals surface area (Å²) in [6.07, 6.45) is 5.69. The maximum atomic E-state index is 12.1. The third-order valence-electron chi connectivity index (χ3n) is 3.37. The first-order valence-corrected chi connectivity index (χ1v) is 8.62. The summed E-state index contributed by atoms with van der Waals surface area (Å²) in [5.41, 5.74) is 0.506. The number of hydrogen-bond donors (Lipinski definition) is 1. The van der Waals surface area contributed by atoms with Crippen LogP contribution in [0, 0.1) is 0 Å². The van der Waals surface area contributed by atoms with E-state index in [-0.39, 0.29) is 16.8 Å². The second-order valence-electron chi connectivity index (χ2n) is 5.19. The van der Waals surface area contributed by atoms with Gasteiger partial charge in [-0.1, -0.05) is 29.4 Å². The molecule has 1 N–H and O–H groups in total. The lowest BCUT2D eigenvalue weighted by Gasteiger charge is -2.08. The Hall–Kier alpha value is -1.86. The fourth-order valence-corrected chi connectivity index (χ4v) is 3.07. The second kappa shape index (κ2) is 7.14. The molecule has 0 spiro atoms. The van der Waals surface area contributed by atoms with Crippen molar-refractivity contribution in [1.82, 2.24) is 19.7 Å². The lowest BCUT2D eigenvalue weighted by atomic mass is 10.4. The summed E-state index contributed by atoms with van der Waals surface area (Å²) in [4.78, 5) is 16.0. The van der Waals surface area contributed by atoms with Crippen molar-refractivity contribution in [2.75, 3.05) is 11.1 Å². The van der Waals surface area contributed by atoms with Crippen molar-refractivity contribution in [2.45, 2.75) is 30.5 Å². The summed E-state index contributed by atoms with van der Waals surface area (Å²) in [6.45, 7) is 4.42. The van der Waals surface area contributed by atoms with Crippen LogP contribution in [0.4, 0.5) is 5.69 Å². The van der Waals surface area contributed by atoms with Gasteiger partial charge in [0.15, 0.2) is 10.3 Å². The second-order valence-corrected chi connectivity index (χ2v) is 6.49. The molecule has 23 heavy (non-hydrogen) atoms. The average molecular weight is 350 g/mol. The first-order chi connectivity index (χ1) is 11.2. The molecule has 6 nitrogen and oxygen atoms in total. The maximum absolute atomic E-state index is 12.1. The number of anilines is 1. The van der Waals surface area contributed by atoms with Crippen LogP contribution in [0.5, 0.6) is 0 Å². The van der Waals surface area contributed by atoms with E-state index in [1.807, 2.05) is 10.6 Å². The molecule has 3 rings (SSSR count). The van der Waals surface area contributed by atoms with Crippen molar-refractivity contribution in [3.63, 3.8) is 0 Å². The zero-order chi connectivity index (χ0) is 16.2. The Bertz CT molecular complexity index is 728. The van der Waals surface area contributed by atoms with Gasteiger partial charge in [0.2, 0.25) is 5.91 Å². The summed E-state index contributed by atoms with van der Waals surface area (Å²) in [5.74, 6) is 1.56. The fraction of sp³-hybridized carbons (Fsp3) is 0.333. The normalized spacial score (nSPS) is 13.8. The van der Waals surface area contributed by atoms with E-state index in [1.54, 1.807) is 18.3 Å². The number of halogens is 1. The van der Waals surface area contributed by atoms with E-state index in [2.05, 4.69) is 27.1 Å². The molecule has 120 valence electrons. The third kappa shape index (κ3) is 3.92. The average Bonchev–Trinajstić information content (AvgIpc) is 3.30. The number of thioether (sulfide) groups is 1. The number of amides is 1. The topological polar surface area (TPSA) is 72.7 Å². The standard InChI is InChI=1S/C15H16ClN5OS/c1-2-8-21-14(10-5-6-10)19-20-15(21)23-9-12(22)18-11-4-3-7-17-13(11)16/h2-4,7,10H,1,5-6,8-9H2,(H,18,22). The van der Waals surface area contributed by atoms with Crippen molar-refractivity contribution < 1.29 is 4.79 Å². The highest BCUT2D eigenvalue weighted by Gasteiger charge is 2.30. The quantitative estimate of drug-likeness (QED) is 0.472. The summed E-state index contributed by atoms with van der Waals surface area (Å²) in [6, 6.07) is 3.43. The number of carbonyl (C=O) groups is 1. The Morgan fingerprint density at radius 2 is 2.35 bits per heavy atom. The number of pyridine rings is 1. The minimum Gasteiger partial charge on any atom is -0.323 e. The first-order valence-electron chi connectivity index (χ1n) is 7.26. The van der Waals surface area contributed by atoms with Gasteiger partial charge in [0.05, 0.1) is 11.4 Å². The van der Waals surface area contributed by atoms with Crippen molar-refractivity contribution in [1.29, 1.82) is 0 Å². The number of hydrogen-bond acceptors (Lipinski definition) is 5. The first kappa shape index (κ1) is 16.0. The maximum Gasteiger partial charge on any atom is 0.234 e. The monoisotopic (exact) mass is 349 g/mol. The van der Waals surface area contributed by atoms with Gasteiger partial charge in [-0.2, -0.15) is 0 Å². The van der Waals surface area contributed by atoms with Gasteiger partial charge >= 0.3 is 0 Å². The van der Waals surface area contributed by atoms with Gasteiger partial charge in [-0.25, -0.2) is 4.98 Å². The number of nitrogens with one attached hydrogen (secondary N) is 1. The number of nitrogens with zero attached hydrogens (tertiary/aromatic N) is 4. The van der Waals surface area contributed by atoms with Gasteiger partial charge in [0, 0.05) is 18.7 Å². The Labute approximate surface area is 143 Å². The minimum absolute atomic E-state index is 0.161. The molecule has 8 heteroatoms. The number of carbonyl (C=O) groups excluding carboxylic acids is 1. The summed E-state index contributed by atoms with van der Waals surface area (Å²) in [7, 11) is 0. The van der Waals surface area contributed by atoms with Crippen LogP contribution in [0.2, 0.25) is 5.15 Å². The predicted octanol–water partition coefficient (Wildman–Crippen LogP) is 3.12. The smallest absolute Gasteiger partial charge is 0.234 e. The molecule has 1 fully saturated rings. The highest BCUT2D eigenvalue weighted by molar-refractivity contribution is 7.99. The predicted molar refractivity (Wildman–Crippen MR) is 90.8 cm³/mol. The molecule has 1 amide bonds. The number of rotatable bonds is 7. The fourth-order valence-electron chi connectivity index (χ4n) is 2.15. The highest BCUT2D eigenvalue weighted by Crippen LogP contribution is 2.40. The molecule has 0 unspecified atom stereocenters. The summed E-state index contributed by atoms with van der Waals surface area (Å²) in [5, 5.41) is 12.2. The van der Waals surface area contributed by atoms with Crippen LogP contribution >= 0.6 is 23.4 Å². The highest BCUT2D eigenvalue weighted by atomic mass is 35.5. The molecule has 1 saturated carbocycles. The van der Waals surface area contributed by atoms with Crippen LogP contribution in [0.25, 0.3) is 0 Å². The molecule has 0 radical (unpaired) electrons. The molecule has 0 saturated heterocycles. The van der Waals surface area contributed by atoms with E-state index >= 15 is 0 Å².